The Labute approximate surface area is 130 Å². The van der Waals surface area contributed by atoms with Gasteiger partial charge >= 0.3 is 5.97 Å². The van der Waals surface area contributed by atoms with Crippen LogP contribution in [-0.2, 0) is 22.5 Å². The van der Waals surface area contributed by atoms with Crippen LogP contribution in [0.4, 0.5) is 0 Å². The van der Waals surface area contributed by atoms with E-state index in [-0.39, 0.29) is 5.75 Å². The quantitative estimate of drug-likeness (QED) is 0.499. The van der Waals surface area contributed by atoms with Gasteiger partial charge in [0.25, 0.3) is 0 Å². The van der Waals surface area contributed by atoms with E-state index >= 15 is 0 Å². The van der Waals surface area contributed by atoms with Crippen LogP contribution in [-0.4, -0.2) is 44.8 Å². The van der Waals surface area contributed by atoms with E-state index in [0.717, 1.165) is 31.7 Å². The highest BCUT2D eigenvalue weighted by Crippen LogP contribution is 2.17. The van der Waals surface area contributed by atoms with Gasteiger partial charge in [0.2, 0.25) is 0 Å². The molecule has 0 aromatic carbocycles. The number of ether oxygens (including phenoxy) is 1. The van der Waals surface area contributed by atoms with E-state index in [2.05, 4.69) is 31.0 Å². The molecule has 1 N–H and O–H groups in total. The largest absolute Gasteiger partial charge is 0.481 e. The number of nitrogens with zero attached hydrogens (tertiary/aromatic N) is 3. The number of carboxylic acid groups (broad SMARTS) is 1. The molecule has 0 aliphatic rings. The van der Waals surface area contributed by atoms with Crippen LogP contribution in [0, 0.1) is 5.92 Å². The molecule has 0 aliphatic carbocycles. The Hall–Kier alpha value is -1.08. The van der Waals surface area contributed by atoms with Gasteiger partial charge in [-0.15, -0.1) is 10.2 Å². The van der Waals surface area contributed by atoms with Crippen LogP contribution in [0.2, 0.25) is 0 Å². The maximum absolute atomic E-state index is 10.7. The average Bonchev–Trinajstić information content (AvgIpc) is 2.79. The van der Waals surface area contributed by atoms with Crippen molar-refractivity contribution in [2.24, 2.45) is 5.92 Å². The van der Waals surface area contributed by atoms with Crippen LogP contribution in [0.3, 0.4) is 0 Å². The molecule has 120 valence electrons. The molecule has 21 heavy (non-hydrogen) atoms. The molecule has 0 fully saturated rings. The molecule has 0 spiro atoms. The molecule has 1 rings (SSSR count). The van der Waals surface area contributed by atoms with E-state index in [1.807, 2.05) is 4.57 Å². The number of aliphatic carboxylic acids is 1. The second-order valence-electron chi connectivity index (χ2n) is 5.28. The number of carbonyl (C=O) groups is 1. The van der Waals surface area contributed by atoms with Crippen LogP contribution in [0.1, 0.15) is 39.4 Å². The summed E-state index contributed by atoms with van der Waals surface area (Å²) in [6, 6.07) is 0. The van der Waals surface area contributed by atoms with Crippen molar-refractivity contribution in [3.05, 3.63) is 5.82 Å². The normalized spacial score (nSPS) is 11.2. The van der Waals surface area contributed by atoms with Gasteiger partial charge in [0.1, 0.15) is 5.82 Å². The summed E-state index contributed by atoms with van der Waals surface area (Å²) in [5.41, 5.74) is 0. The number of thioether (sulfide) groups is 1. The number of hydrogen-bond donors (Lipinski definition) is 1. The predicted octanol–water partition coefficient (Wildman–Crippen LogP) is 2.47. The summed E-state index contributed by atoms with van der Waals surface area (Å²) in [5, 5.41) is 17.7. The first-order valence-corrected chi connectivity index (χ1v) is 8.37. The van der Waals surface area contributed by atoms with E-state index in [1.165, 1.54) is 11.8 Å². The number of rotatable bonds is 11. The molecule has 1 aromatic rings. The molecule has 0 amide bonds. The first kappa shape index (κ1) is 18.0. The minimum Gasteiger partial charge on any atom is -0.481 e. The first-order chi connectivity index (χ1) is 10.0. The third kappa shape index (κ3) is 6.95. The monoisotopic (exact) mass is 315 g/mol. The highest BCUT2D eigenvalue weighted by atomic mass is 32.2. The van der Waals surface area contributed by atoms with E-state index in [0.29, 0.717) is 24.2 Å². The Morgan fingerprint density at radius 2 is 2.14 bits per heavy atom. The first-order valence-electron chi connectivity index (χ1n) is 7.39. The lowest BCUT2D eigenvalue weighted by Crippen LogP contribution is -2.12. The van der Waals surface area contributed by atoms with Gasteiger partial charge in [-0.1, -0.05) is 32.5 Å². The van der Waals surface area contributed by atoms with Gasteiger partial charge in [-0.25, -0.2) is 0 Å². The van der Waals surface area contributed by atoms with Crippen molar-refractivity contribution in [1.29, 1.82) is 0 Å². The minimum absolute atomic E-state index is 0.00152. The smallest absolute Gasteiger partial charge is 0.313 e. The van der Waals surface area contributed by atoms with Crippen molar-refractivity contribution in [2.75, 3.05) is 19.0 Å². The molecular weight excluding hydrogens is 290 g/mol. The average molecular weight is 315 g/mol. The predicted molar refractivity (Wildman–Crippen MR) is 82.7 cm³/mol. The number of aryl methyl sites for hydroxylation is 1. The highest BCUT2D eigenvalue weighted by Gasteiger charge is 2.13. The van der Waals surface area contributed by atoms with Crippen molar-refractivity contribution in [1.82, 2.24) is 14.8 Å². The zero-order chi connectivity index (χ0) is 15.7. The lowest BCUT2D eigenvalue weighted by molar-refractivity contribution is -0.133. The van der Waals surface area contributed by atoms with Gasteiger partial charge in [0.15, 0.2) is 5.16 Å². The van der Waals surface area contributed by atoms with E-state index in [4.69, 9.17) is 9.84 Å². The third-order valence-electron chi connectivity index (χ3n) is 2.89. The zero-order valence-corrected chi connectivity index (χ0v) is 13.9. The van der Waals surface area contributed by atoms with Crippen molar-refractivity contribution in [3.63, 3.8) is 0 Å². The summed E-state index contributed by atoms with van der Waals surface area (Å²) in [7, 11) is 0. The Morgan fingerprint density at radius 3 is 2.76 bits per heavy atom. The van der Waals surface area contributed by atoms with E-state index in [1.54, 1.807) is 0 Å². The third-order valence-corrected chi connectivity index (χ3v) is 3.84. The Bertz CT molecular complexity index is 435. The van der Waals surface area contributed by atoms with Crippen LogP contribution >= 0.6 is 11.8 Å². The van der Waals surface area contributed by atoms with Gasteiger partial charge in [-0.05, 0) is 18.8 Å². The van der Waals surface area contributed by atoms with Crippen molar-refractivity contribution >= 4 is 17.7 Å². The summed E-state index contributed by atoms with van der Waals surface area (Å²) < 4.78 is 7.61. The molecule has 7 heteroatoms. The summed E-state index contributed by atoms with van der Waals surface area (Å²) in [5.74, 6) is 0.688. The molecule has 0 aliphatic heterocycles. The fourth-order valence-electron chi connectivity index (χ4n) is 1.76. The second kappa shape index (κ2) is 9.78. The summed E-state index contributed by atoms with van der Waals surface area (Å²) in [6.07, 6.45) is 2.87. The van der Waals surface area contributed by atoms with Crippen LogP contribution < -0.4 is 0 Å². The highest BCUT2D eigenvalue weighted by molar-refractivity contribution is 7.99. The molecule has 0 atom stereocenters. The maximum Gasteiger partial charge on any atom is 0.313 e. The Balaban J connectivity index is 2.54. The van der Waals surface area contributed by atoms with Gasteiger partial charge in [0, 0.05) is 19.6 Å². The van der Waals surface area contributed by atoms with E-state index < -0.39 is 5.97 Å². The van der Waals surface area contributed by atoms with Gasteiger partial charge < -0.3 is 14.4 Å². The fourth-order valence-corrected chi connectivity index (χ4v) is 2.47. The molecule has 0 saturated heterocycles. The Morgan fingerprint density at radius 1 is 1.38 bits per heavy atom. The lowest BCUT2D eigenvalue weighted by atomic mass is 10.1. The maximum atomic E-state index is 10.7. The Kier molecular flexibility index (Phi) is 8.37. The fraction of sp³-hybridized carbons (Fsp3) is 0.786. The number of aromatic nitrogens is 3. The number of carboxylic acids is 1. The molecule has 1 heterocycles. The van der Waals surface area contributed by atoms with Crippen molar-refractivity contribution in [2.45, 2.75) is 51.7 Å². The van der Waals surface area contributed by atoms with E-state index in [9.17, 15) is 4.79 Å². The minimum atomic E-state index is -0.847. The zero-order valence-electron chi connectivity index (χ0n) is 13.0. The molecule has 1 aromatic heterocycles. The second-order valence-corrected chi connectivity index (χ2v) is 6.22. The summed E-state index contributed by atoms with van der Waals surface area (Å²) >= 11 is 1.20. The molecule has 0 bridgehead atoms. The standard InChI is InChI=1S/C14H25N3O3S/c1-4-5-12-15-16-14(21-10-13(18)19)17(12)7-9-20-8-6-11(2)3/h11H,4-10H2,1-3H3,(H,18,19). The van der Waals surface area contributed by atoms with Crippen molar-refractivity contribution in [3.8, 4) is 0 Å². The van der Waals surface area contributed by atoms with Crippen molar-refractivity contribution < 1.29 is 14.6 Å². The molecule has 0 unspecified atom stereocenters. The molecular formula is C14H25N3O3S. The van der Waals surface area contributed by atoms with Crippen LogP contribution in [0.25, 0.3) is 0 Å². The summed E-state index contributed by atoms with van der Waals surface area (Å²) in [4.78, 5) is 10.7. The summed E-state index contributed by atoms with van der Waals surface area (Å²) in [6.45, 7) is 8.44. The molecule has 0 saturated carbocycles. The molecule has 0 radical (unpaired) electrons. The molecule has 6 nitrogen and oxygen atoms in total. The topological polar surface area (TPSA) is 77.2 Å². The van der Waals surface area contributed by atoms with Gasteiger partial charge in [-0.3, -0.25) is 4.79 Å². The SMILES string of the molecule is CCCc1nnc(SCC(=O)O)n1CCOCCC(C)C. The van der Waals surface area contributed by atoms with Gasteiger partial charge in [0.05, 0.1) is 12.4 Å². The number of hydrogen-bond acceptors (Lipinski definition) is 5. The van der Waals surface area contributed by atoms with Crippen LogP contribution in [0.15, 0.2) is 5.16 Å². The van der Waals surface area contributed by atoms with Crippen LogP contribution in [0.5, 0.6) is 0 Å². The lowest BCUT2D eigenvalue weighted by Gasteiger charge is -2.10. The van der Waals surface area contributed by atoms with Gasteiger partial charge in [-0.2, -0.15) is 0 Å².